The van der Waals surface area contributed by atoms with Gasteiger partial charge in [0, 0.05) is 0 Å². The fraction of sp³-hybridized carbons (Fsp3) is 0.429. The maximum Gasteiger partial charge on any atom is 0.269 e. The number of phenolic OH excluding ortho intramolecular Hbond substituents is 1. The van der Waals surface area contributed by atoms with Gasteiger partial charge in [-0.1, -0.05) is 0 Å². The zero-order valence-corrected chi connectivity index (χ0v) is 14.0. The van der Waals surface area contributed by atoms with E-state index >= 15 is 0 Å². The minimum atomic E-state index is -0.733. The van der Waals surface area contributed by atoms with Crippen LogP contribution in [0.3, 0.4) is 0 Å². The number of amides is 2. The van der Waals surface area contributed by atoms with Crippen LogP contribution >= 0.6 is 0 Å². The highest BCUT2D eigenvalue weighted by Crippen LogP contribution is 2.28. The van der Waals surface area contributed by atoms with E-state index in [4.69, 9.17) is 21.2 Å². The molecule has 7 N–H and O–H groups in total. The van der Waals surface area contributed by atoms with Crippen molar-refractivity contribution in [3.05, 3.63) is 23.3 Å². The Morgan fingerprint density at radius 2 is 1.71 bits per heavy atom. The molecule has 10 nitrogen and oxygen atoms in total. The summed E-state index contributed by atoms with van der Waals surface area (Å²) in [4.78, 5) is 23.4. The van der Waals surface area contributed by atoms with Crippen molar-refractivity contribution in [2.45, 2.75) is 0 Å². The van der Waals surface area contributed by atoms with E-state index < -0.39 is 17.6 Å². The molecule has 1 aromatic carbocycles. The predicted octanol–water partition coefficient (Wildman–Crippen LogP) is -1.34. The van der Waals surface area contributed by atoms with E-state index in [-0.39, 0.29) is 23.7 Å². The van der Waals surface area contributed by atoms with Gasteiger partial charge in [-0.3, -0.25) is 20.4 Å². The van der Waals surface area contributed by atoms with Crippen LogP contribution in [0.2, 0.25) is 0 Å². The van der Waals surface area contributed by atoms with Gasteiger partial charge in [0.05, 0.1) is 38.9 Å². The van der Waals surface area contributed by atoms with Crippen LogP contribution in [0.25, 0.3) is 0 Å². The van der Waals surface area contributed by atoms with Crippen molar-refractivity contribution in [3.63, 3.8) is 0 Å². The molecule has 134 valence electrons. The van der Waals surface area contributed by atoms with E-state index in [9.17, 15) is 14.7 Å². The minimum absolute atomic E-state index is 0.0274. The van der Waals surface area contributed by atoms with Gasteiger partial charge in [0.2, 0.25) is 0 Å². The number of nitrogens with zero attached hydrogens (tertiary/aromatic N) is 1. The van der Waals surface area contributed by atoms with Gasteiger partial charge in [0.15, 0.2) is 6.79 Å². The van der Waals surface area contributed by atoms with E-state index in [1.165, 1.54) is 6.07 Å². The van der Waals surface area contributed by atoms with Gasteiger partial charge >= 0.3 is 0 Å². The summed E-state index contributed by atoms with van der Waals surface area (Å²) in [6, 6.07) is 2.25. The molecule has 0 atom stereocenters. The largest absolute Gasteiger partial charge is 0.507 e. The summed E-state index contributed by atoms with van der Waals surface area (Å²) in [5.41, 5.74) is 3.64. The molecule has 24 heavy (non-hydrogen) atoms. The molecule has 0 aliphatic heterocycles. The molecule has 0 bridgehead atoms. The first-order valence-electron chi connectivity index (χ1n) is 7.09. The summed E-state index contributed by atoms with van der Waals surface area (Å²) in [5, 5.41) is 9.83. The Kier molecular flexibility index (Phi) is 6.92. The molecule has 0 fully saturated rings. The molecule has 1 aromatic rings. The number of hydrazine groups is 2. The first kappa shape index (κ1) is 19.6. The Balaban J connectivity index is 2.89. The van der Waals surface area contributed by atoms with Crippen molar-refractivity contribution in [1.29, 1.82) is 0 Å². The molecule has 0 heterocycles. The first-order chi connectivity index (χ1) is 11.2. The predicted molar refractivity (Wildman–Crippen MR) is 85.8 cm³/mol. The Morgan fingerprint density at radius 1 is 1.12 bits per heavy atom. The number of carbonyl (C=O) groups is 2. The number of ether oxygens (including phenoxy) is 2. The van der Waals surface area contributed by atoms with Crippen LogP contribution < -0.4 is 27.3 Å². The minimum Gasteiger partial charge on any atom is -0.507 e. The van der Waals surface area contributed by atoms with Crippen LogP contribution in [0.15, 0.2) is 12.1 Å². The smallest absolute Gasteiger partial charge is 0.269 e. The Labute approximate surface area is 139 Å². The lowest BCUT2D eigenvalue weighted by Crippen LogP contribution is -2.37. The second kappa shape index (κ2) is 8.45. The molecule has 0 unspecified atom stereocenters. The molecule has 0 aliphatic carbocycles. The molecule has 0 spiro atoms. The molecular formula is C14H24N5O5+. The third-order valence-electron chi connectivity index (χ3n) is 3.05. The van der Waals surface area contributed by atoms with Crippen molar-refractivity contribution in [2.75, 3.05) is 41.1 Å². The van der Waals surface area contributed by atoms with Gasteiger partial charge in [-0.2, -0.15) is 0 Å². The molecule has 0 aliphatic rings. The van der Waals surface area contributed by atoms with E-state index in [1.807, 2.05) is 32.0 Å². The third kappa shape index (κ3) is 5.66. The van der Waals surface area contributed by atoms with Gasteiger partial charge in [-0.05, 0) is 12.1 Å². The van der Waals surface area contributed by atoms with Crippen molar-refractivity contribution in [1.82, 2.24) is 10.9 Å². The molecule has 10 heteroatoms. The zero-order chi connectivity index (χ0) is 18.3. The topological polar surface area (TPSA) is 149 Å². The normalized spacial score (nSPS) is 11.0. The summed E-state index contributed by atoms with van der Waals surface area (Å²) in [6.45, 7) is 1.06. The first-order valence-corrected chi connectivity index (χ1v) is 7.09. The van der Waals surface area contributed by atoms with Crippen molar-refractivity contribution in [3.8, 4) is 11.5 Å². The number of nitrogens with two attached hydrogens (primary N) is 2. The van der Waals surface area contributed by atoms with Crippen LogP contribution in [0, 0.1) is 0 Å². The lowest BCUT2D eigenvalue weighted by Gasteiger charge is -2.23. The number of hydrogen-bond donors (Lipinski definition) is 5. The summed E-state index contributed by atoms with van der Waals surface area (Å²) < 4.78 is 11.5. The maximum atomic E-state index is 11.8. The number of hydrogen-bond acceptors (Lipinski definition) is 7. The fourth-order valence-corrected chi connectivity index (χ4v) is 1.71. The zero-order valence-electron chi connectivity index (χ0n) is 14.0. The van der Waals surface area contributed by atoms with Crippen LogP contribution in [-0.2, 0) is 4.74 Å². The van der Waals surface area contributed by atoms with Crippen LogP contribution in [0.4, 0.5) is 0 Å². The Bertz CT molecular complexity index is 600. The number of nitrogens with one attached hydrogen (secondary N) is 2. The van der Waals surface area contributed by atoms with E-state index in [1.54, 1.807) is 0 Å². The fourth-order valence-electron chi connectivity index (χ4n) is 1.71. The van der Waals surface area contributed by atoms with Crippen molar-refractivity contribution < 1.29 is 28.7 Å². The summed E-state index contributed by atoms with van der Waals surface area (Å²) >= 11 is 0. The van der Waals surface area contributed by atoms with Crippen LogP contribution in [0.5, 0.6) is 11.5 Å². The van der Waals surface area contributed by atoms with Crippen LogP contribution in [0.1, 0.15) is 20.7 Å². The molecule has 0 aromatic heterocycles. The van der Waals surface area contributed by atoms with Crippen molar-refractivity contribution in [2.24, 2.45) is 11.7 Å². The molecule has 0 saturated carbocycles. The van der Waals surface area contributed by atoms with Gasteiger partial charge in [0.25, 0.3) is 11.8 Å². The number of benzene rings is 1. The lowest BCUT2D eigenvalue weighted by atomic mass is 10.1. The Hall–Kier alpha value is -2.40. The lowest BCUT2D eigenvalue weighted by molar-refractivity contribution is -0.870. The molecular weight excluding hydrogens is 318 g/mol. The number of quaternary nitrogens is 1. The van der Waals surface area contributed by atoms with Crippen molar-refractivity contribution >= 4 is 11.8 Å². The quantitative estimate of drug-likeness (QED) is 0.0980. The van der Waals surface area contributed by atoms with E-state index in [2.05, 4.69) is 0 Å². The van der Waals surface area contributed by atoms with Crippen LogP contribution in [-0.4, -0.2) is 62.5 Å². The van der Waals surface area contributed by atoms with E-state index in [0.717, 1.165) is 17.1 Å². The van der Waals surface area contributed by atoms with Gasteiger partial charge in [-0.15, -0.1) is 0 Å². The maximum absolute atomic E-state index is 11.8. The van der Waals surface area contributed by atoms with Gasteiger partial charge in [-0.25, -0.2) is 11.7 Å². The number of nitrogen functional groups attached to an aromatic ring is 2. The standard InChI is InChI=1S/C14H23N5O5/c1-19(2,3)4-5-23-8-24-12-7-9(13(21)17-15)11(20)6-10(12)14(22)18-16/h6-7H,4-5,8H2,1-3H3,(H6-,15,16,17,18,20,21,22)/p+1. The second-order valence-electron chi connectivity index (χ2n) is 6.00. The average Bonchev–Trinajstić information content (AvgIpc) is 2.52. The highest BCUT2D eigenvalue weighted by atomic mass is 16.7. The summed E-state index contributed by atoms with van der Waals surface area (Å²) in [7, 11) is 6.06. The number of phenols is 1. The molecule has 1 rings (SSSR count). The average molecular weight is 342 g/mol. The number of aromatic hydroxyl groups is 1. The van der Waals surface area contributed by atoms with E-state index in [0.29, 0.717) is 6.61 Å². The van der Waals surface area contributed by atoms with Gasteiger partial charge < -0.3 is 19.1 Å². The third-order valence-corrected chi connectivity index (χ3v) is 3.05. The summed E-state index contributed by atoms with van der Waals surface area (Å²) in [6.07, 6.45) is 0. The molecule has 2 amide bonds. The number of carbonyl (C=O) groups excluding carboxylic acids is 2. The molecule has 0 radical (unpaired) electrons. The Morgan fingerprint density at radius 3 is 2.25 bits per heavy atom. The highest BCUT2D eigenvalue weighted by Gasteiger charge is 2.19. The number of rotatable bonds is 8. The molecule has 0 saturated heterocycles. The SMILES string of the molecule is C[N+](C)(C)CCOCOc1cc(C(=O)NN)c(O)cc1C(=O)NN. The second-order valence-corrected chi connectivity index (χ2v) is 6.00. The monoisotopic (exact) mass is 342 g/mol. The highest BCUT2D eigenvalue weighted by molar-refractivity contribution is 6.01. The van der Waals surface area contributed by atoms with Gasteiger partial charge in [0.1, 0.15) is 18.0 Å². The number of likely N-dealkylation sites (N-methyl/N-ethyl adjacent to an activating group) is 1. The summed E-state index contributed by atoms with van der Waals surface area (Å²) in [5.74, 6) is 8.32.